The highest BCUT2D eigenvalue weighted by atomic mass is 35.5. The number of pyridine rings is 1. The van der Waals surface area contributed by atoms with Gasteiger partial charge in [-0.3, -0.25) is 4.72 Å². The van der Waals surface area contributed by atoms with Crippen molar-refractivity contribution < 1.29 is 18.3 Å². The quantitative estimate of drug-likeness (QED) is 0.902. The van der Waals surface area contributed by atoms with Crippen LogP contribution in [0.1, 0.15) is 10.5 Å². The van der Waals surface area contributed by atoms with Gasteiger partial charge >= 0.3 is 5.97 Å². The van der Waals surface area contributed by atoms with Crippen LogP contribution in [-0.4, -0.2) is 24.5 Å². The third-order valence-corrected chi connectivity index (χ3v) is 4.01. The molecule has 1 heterocycles. The highest BCUT2D eigenvalue weighted by Gasteiger charge is 2.18. The van der Waals surface area contributed by atoms with Crippen LogP contribution in [0, 0.1) is 0 Å². The average molecular weight is 313 g/mol. The summed E-state index contributed by atoms with van der Waals surface area (Å²) in [5.74, 6) is -1.32. The monoisotopic (exact) mass is 312 g/mol. The molecular weight excluding hydrogens is 304 g/mol. The van der Waals surface area contributed by atoms with Crippen molar-refractivity contribution in [3.8, 4) is 0 Å². The number of carboxylic acids is 1. The van der Waals surface area contributed by atoms with E-state index in [1.54, 1.807) is 0 Å². The number of hydrogen-bond donors (Lipinski definition) is 2. The summed E-state index contributed by atoms with van der Waals surface area (Å²) in [5.41, 5.74) is -0.472. The molecule has 20 heavy (non-hydrogen) atoms. The maximum Gasteiger partial charge on any atom is 0.356 e. The molecule has 2 rings (SSSR count). The van der Waals surface area contributed by atoms with Crippen molar-refractivity contribution in [2.24, 2.45) is 0 Å². The largest absolute Gasteiger partial charge is 0.476 e. The van der Waals surface area contributed by atoms with Gasteiger partial charge in [0.05, 0.1) is 10.6 Å². The second-order valence-corrected chi connectivity index (χ2v) is 5.88. The Kier molecular flexibility index (Phi) is 3.91. The molecule has 104 valence electrons. The predicted molar refractivity (Wildman–Crippen MR) is 73.5 cm³/mol. The van der Waals surface area contributed by atoms with E-state index in [4.69, 9.17) is 16.7 Å². The van der Waals surface area contributed by atoms with Gasteiger partial charge in [0.2, 0.25) is 0 Å². The van der Waals surface area contributed by atoms with Crippen molar-refractivity contribution in [2.45, 2.75) is 4.90 Å². The number of carbonyl (C=O) groups is 1. The van der Waals surface area contributed by atoms with E-state index in [1.807, 2.05) is 0 Å². The average Bonchev–Trinajstić information content (AvgIpc) is 2.39. The lowest BCUT2D eigenvalue weighted by Gasteiger charge is -2.09. The van der Waals surface area contributed by atoms with Gasteiger partial charge in [-0.05, 0) is 36.4 Å². The summed E-state index contributed by atoms with van der Waals surface area (Å²) in [5, 5.41) is 9.35. The van der Waals surface area contributed by atoms with Crippen LogP contribution >= 0.6 is 11.6 Å². The van der Waals surface area contributed by atoms with Crippen molar-refractivity contribution in [1.29, 1.82) is 0 Å². The Balaban J connectivity index is 2.38. The lowest BCUT2D eigenvalue weighted by atomic mass is 10.3. The van der Waals surface area contributed by atoms with E-state index in [2.05, 4.69) is 9.71 Å². The molecule has 0 saturated carbocycles. The Hall–Kier alpha value is -2.12. The highest BCUT2D eigenvalue weighted by Crippen LogP contribution is 2.20. The van der Waals surface area contributed by atoms with Crippen LogP contribution in [0.25, 0.3) is 0 Å². The van der Waals surface area contributed by atoms with Crippen molar-refractivity contribution in [2.75, 3.05) is 4.72 Å². The zero-order valence-electron chi connectivity index (χ0n) is 9.95. The fraction of sp³-hybridized carbons (Fsp3) is 0. The molecule has 0 atom stereocenters. The first-order valence-corrected chi connectivity index (χ1v) is 7.23. The fourth-order valence-corrected chi connectivity index (χ4v) is 2.67. The fourth-order valence-electron chi connectivity index (χ4n) is 1.48. The minimum absolute atomic E-state index is 0.0258. The molecule has 0 aliphatic rings. The Labute approximate surface area is 120 Å². The number of aromatic carboxylic acids is 1. The minimum Gasteiger partial charge on any atom is -0.476 e. The summed E-state index contributed by atoms with van der Waals surface area (Å²) in [4.78, 5) is 14.6. The molecule has 6 nitrogen and oxygen atoms in total. The molecule has 2 N–H and O–H groups in total. The molecule has 8 heteroatoms. The molecule has 0 aliphatic carbocycles. The Morgan fingerprint density at radius 2 is 1.85 bits per heavy atom. The molecule has 1 aromatic heterocycles. The summed E-state index contributed by atoms with van der Waals surface area (Å²) in [7, 11) is -3.90. The van der Waals surface area contributed by atoms with Crippen LogP contribution in [0.5, 0.6) is 0 Å². The Morgan fingerprint density at radius 3 is 2.45 bits per heavy atom. The van der Waals surface area contributed by atoms with Gasteiger partial charge < -0.3 is 5.11 Å². The summed E-state index contributed by atoms with van der Waals surface area (Å²) in [6.45, 7) is 0. The van der Waals surface area contributed by atoms with E-state index in [9.17, 15) is 13.2 Å². The van der Waals surface area contributed by atoms with Gasteiger partial charge in [-0.25, -0.2) is 18.2 Å². The first kappa shape index (κ1) is 14.3. The SMILES string of the molecule is O=C(O)c1ncccc1NS(=O)(=O)c1ccc(Cl)cc1. The Bertz CT molecular complexity index is 744. The van der Waals surface area contributed by atoms with Crippen LogP contribution in [-0.2, 0) is 10.0 Å². The van der Waals surface area contributed by atoms with Crippen LogP contribution < -0.4 is 4.72 Å². The maximum absolute atomic E-state index is 12.1. The van der Waals surface area contributed by atoms with Gasteiger partial charge in [0.1, 0.15) is 0 Å². The van der Waals surface area contributed by atoms with Gasteiger partial charge in [0.25, 0.3) is 10.0 Å². The number of rotatable bonds is 4. The number of sulfonamides is 1. The van der Waals surface area contributed by atoms with Crippen LogP contribution in [0.3, 0.4) is 0 Å². The van der Waals surface area contributed by atoms with E-state index in [0.717, 1.165) is 0 Å². The summed E-state index contributed by atoms with van der Waals surface area (Å²) < 4.78 is 26.4. The second kappa shape index (κ2) is 5.48. The van der Waals surface area contributed by atoms with E-state index in [1.165, 1.54) is 42.6 Å². The van der Waals surface area contributed by atoms with Gasteiger partial charge in [0, 0.05) is 11.2 Å². The van der Waals surface area contributed by atoms with Crippen molar-refractivity contribution in [3.63, 3.8) is 0 Å². The van der Waals surface area contributed by atoms with Crippen LogP contribution in [0.4, 0.5) is 5.69 Å². The molecule has 0 saturated heterocycles. The van der Waals surface area contributed by atoms with Gasteiger partial charge in [-0.1, -0.05) is 11.6 Å². The van der Waals surface area contributed by atoms with Gasteiger partial charge in [-0.15, -0.1) is 0 Å². The third kappa shape index (κ3) is 3.06. The van der Waals surface area contributed by atoms with Crippen LogP contribution in [0.15, 0.2) is 47.5 Å². The zero-order valence-corrected chi connectivity index (χ0v) is 11.5. The molecule has 0 spiro atoms. The number of halogens is 1. The number of nitrogens with one attached hydrogen (secondary N) is 1. The summed E-state index contributed by atoms with van der Waals surface area (Å²) >= 11 is 5.69. The van der Waals surface area contributed by atoms with E-state index >= 15 is 0 Å². The predicted octanol–water partition coefficient (Wildman–Crippen LogP) is 2.23. The number of benzene rings is 1. The molecule has 0 aliphatic heterocycles. The summed E-state index contributed by atoms with van der Waals surface area (Å²) in [6, 6.07) is 8.26. The molecule has 0 radical (unpaired) electrons. The van der Waals surface area contributed by atoms with E-state index < -0.39 is 16.0 Å². The second-order valence-electron chi connectivity index (χ2n) is 3.76. The molecule has 0 fully saturated rings. The molecule has 0 unspecified atom stereocenters. The van der Waals surface area contributed by atoms with Crippen molar-refractivity contribution in [3.05, 3.63) is 53.3 Å². The third-order valence-electron chi connectivity index (χ3n) is 2.38. The highest BCUT2D eigenvalue weighted by molar-refractivity contribution is 7.92. The number of carboxylic acid groups (broad SMARTS) is 1. The minimum atomic E-state index is -3.90. The molecular formula is C12H9ClN2O4S. The van der Waals surface area contributed by atoms with E-state index in [0.29, 0.717) is 5.02 Å². The number of hydrogen-bond acceptors (Lipinski definition) is 4. The van der Waals surface area contributed by atoms with Crippen LogP contribution in [0.2, 0.25) is 5.02 Å². The molecule has 1 aromatic carbocycles. The first-order chi connectivity index (χ1) is 9.40. The lowest BCUT2D eigenvalue weighted by molar-refractivity contribution is 0.0692. The smallest absolute Gasteiger partial charge is 0.356 e. The molecule has 0 bridgehead atoms. The molecule has 0 amide bonds. The van der Waals surface area contributed by atoms with Gasteiger partial charge in [-0.2, -0.15) is 0 Å². The standard InChI is InChI=1S/C12H9ClN2O4S/c13-8-3-5-9(6-4-8)20(18,19)15-10-2-1-7-14-11(10)12(16)17/h1-7,15H,(H,16,17). The summed E-state index contributed by atoms with van der Waals surface area (Å²) in [6.07, 6.45) is 1.27. The zero-order chi connectivity index (χ0) is 14.8. The van der Waals surface area contributed by atoms with Crippen molar-refractivity contribution in [1.82, 2.24) is 4.98 Å². The molecule has 2 aromatic rings. The number of aromatic nitrogens is 1. The lowest BCUT2D eigenvalue weighted by Crippen LogP contribution is -2.16. The normalized spacial score (nSPS) is 11.1. The number of nitrogens with zero attached hydrogens (tertiary/aromatic N) is 1. The Morgan fingerprint density at radius 1 is 1.20 bits per heavy atom. The maximum atomic E-state index is 12.1. The first-order valence-electron chi connectivity index (χ1n) is 5.37. The van der Waals surface area contributed by atoms with E-state index in [-0.39, 0.29) is 16.3 Å². The topological polar surface area (TPSA) is 96.4 Å². The van der Waals surface area contributed by atoms with Crippen molar-refractivity contribution >= 4 is 33.3 Å². The van der Waals surface area contributed by atoms with Gasteiger partial charge in [0.15, 0.2) is 5.69 Å². The number of anilines is 1.